The summed E-state index contributed by atoms with van der Waals surface area (Å²) in [5, 5.41) is 0. The summed E-state index contributed by atoms with van der Waals surface area (Å²) in [6.07, 6.45) is 4.11. The number of hydrogen-bond donors (Lipinski definition) is 0. The molecule has 2 aliphatic rings. The third kappa shape index (κ3) is 3.17. The van der Waals surface area contributed by atoms with Crippen LogP contribution in [0.1, 0.15) is 40.0 Å². The molecule has 1 amide bonds. The largest absolute Gasteiger partial charge is 0.444 e. The van der Waals surface area contributed by atoms with Gasteiger partial charge >= 0.3 is 6.09 Å². The normalized spacial score (nSPS) is 27.5. The number of likely N-dealkylation sites (tertiary alicyclic amines) is 1. The lowest BCUT2D eigenvalue weighted by Gasteiger charge is -2.27. The van der Waals surface area contributed by atoms with Crippen LogP contribution in [0, 0.1) is 11.8 Å². The maximum Gasteiger partial charge on any atom is 0.410 e. The summed E-state index contributed by atoms with van der Waals surface area (Å²) in [5.74, 6) is 0.429. The number of hydrogen-bond acceptors (Lipinski definition) is 3. The Kier molecular flexibility index (Phi) is 3.70. The van der Waals surface area contributed by atoms with Gasteiger partial charge in [0.25, 0.3) is 0 Å². The first kappa shape index (κ1) is 14.1. The quantitative estimate of drug-likeness (QED) is 0.737. The van der Waals surface area contributed by atoms with Crippen LogP contribution in [0.4, 0.5) is 4.79 Å². The molecule has 0 aromatic rings. The summed E-state index contributed by atoms with van der Waals surface area (Å²) in [6.45, 7) is 9.69. The Morgan fingerprint density at radius 2 is 2.11 bits per heavy atom. The molecule has 1 heterocycles. The van der Waals surface area contributed by atoms with E-state index in [0.717, 1.165) is 12.8 Å². The highest BCUT2D eigenvalue weighted by molar-refractivity contribution is 5.93. The SMILES string of the molecule is C=CCC1CN(C(=O)OC(C)(C)C)C(C2CC2)C1=O. The van der Waals surface area contributed by atoms with Gasteiger partial charge in [-0.05, 0) is 46.0 Å². The number of rotatable bonds is 3. The standard InChI is InChI=1S/C15H23NO3/c1-5-6-11-9-16(14(18)19-15(2,3)4)12(13(11)17)10-7-8-10/h5,10-12H,1,6-9H2,2-4H3. The molecule has 0 bridgehead atoms. The maximum atomic E-state index is 12.4. The van der Waals surface area contributed by atoms with E-state index in [1.807, 2.05) is 20.8 Å². The maximum absolute atomic E-state index is 12.4. The molecule has 0 aromatic heterocycles. The fourth-order valence-corrected chi connectivity index (χ4v) is 2.64. The molecule has 0 aromatic carbocycles. The van der Waals surface area contributed by atoms with Gasteiger partial charge in [-0.1, -0.05) is 6.08 Å². The molecule has 1 aliphatic heterocycles. The minimum Gasteiger partial charge on any atom is -0.444 e. The molecule has 0 radical (unpaired) electrons. The van der Waals surface area contributed by atoms with Crippen molar-refractivity contribution in [3.63, 3.8) is 0 Å². The van der Waals surface area contributed by atoms with Crippen LogP contribution in [0.5, 0.6) is 0 Å². The number of carbonyl (C=O) groups is 2. The number of nitrogens with zero attached hydrogens (tertiary/aromatic N) is 1. The molecule has 1 saturated heterocycles. The third-order valence-electron chi connectivity index (χ3n) is 3.59. The van der Waals surface area contributed by atoms with Crippen LogP contribution in [-0.4, -0.2) is 35.0 Å². The van der Waals surface area contributed by atoms with E-state index in [2.05, 4.69) is 6.58 Å². The number of allylic oxidation sites excluding steroid dienone is 1. The third-order valence-corrected chi connectivity index (χ3v) is 3.59. The van der Waals surface area contributed by atoms with Gasteiger partial charge in [0, 0.05) is 12.5 Å². The molecule has 0 N–H and O–H groups in total. The van der Waals surface area contributed by atoms with E-state index in [9.17, 15) is 9.59 Å². The summed E-state index contributed by atoms with van der Waals surface area (Å²) in [6, 6.07) is -0.264. The highest BCUT2D eigenvalue weighted by Gasteiger charge is 2.50. The zero-order valence-electron chi connectivity index (χ0n) is 12.0. The van der Waals surface area contributed by atoms with Gasteiger partial charge in [-0.25, -0.2) is 4.79 Å². The smallest absolute Gasteiger partial charge is 0.410 e. The average Bonchev–Trinajstić information content (AvgIpc) is 3.04. The van der Waals surface area contributed by atoms with Crippen LogP contribution in [-0.2, 0) is 9.53 Å². The predicted molar refractivity (Wildman–Crippen MR) is 72.8 cm³/mol. The minimum absolute atomic E-state index is 0.101. The van der Waals surface area contributed by atoms with E-state index in [4.69, 9.17) is 4.74 Å². The lowest BCUT2D eigenvalue weighted by atomic mass is 9.98. The van der Waals surface area contributed by atoms with Crippen molar-refractivity contribution in [1.29, 1.82) is 0 Å². The Hall–Kier alpha value is -1.32. The lowest BCUT2D eigenvalue weighted by molar-refractivity contribution is -0.123. The summed E-state index contributed by atoms with van der Waals surface area (Å²) in [4.78, 5) is 26.2. The second-order valence-corrected chi connectivity index (χ2v) is 6.54. The van der Waals surface area contributed by atoms with Crippen LogP contribution in [0.2, 0.25) is 0 Å². The van der Waals surface area contributed by atoms with Gasteiger partial charge in [0.15, 0.2) is 5.78 Å². The first-order valence-corrected chi connectivity index (χ1v) is 6.97. The molecule has 4 nitrogen and oxygen atoms in total. The van der Waals surface area contributed by atoms with Gasteiger partial charge in [0.05, 0.1) is 6.04 Å². The van der Waals surface area contributed by atoms with Crippen LogP contribution in [0.25, 0.3) is 0 Å². The van der Waals surface area contributed by atoms with E-state index >= 15 is 0 Å². The zero-order chi connectivity index (χ0) is 14.2. The van der Waals surface area contributed by atoms with Crippen molar-refractivity contribution in [1.82, 2.24) is 4.90 Å². The molecular formula is C15H23NO3. The molecule has 2 rings (SSSR count). The molecule has 1 aliphatic carbocycles. The predicted octanol–water partition coefficient (Wildman–Crippen LogP) is 2.78. The van der Waals surface area contributed by atoms with Crippen molar-refractivity contribution in [3.8, 4) is 0 Å². The van der Waals surface area contributed by atoms with Gasteiger partial charge < -0.3 is 4.74 Å². The van der Waals surface area contributed by atoms with Crippen LogP contribution >= 0.6 is 0 Å². The fraction of sp³-hybridized carbons (Fsp3) is 0.733. The Balaban J connectivity index is 2.11. The van der Waals surface area contributed by atoms with Gasteiger partial charge in [-0.15, -0.1) is 6.58 Å². The van der Waals surface area contributed by atoms with E-state index in [1.54, 1.807) is 11.0 Å². The van der Waals surface area contributed by atoms with Crippen molar-refractivity contribution >= 4 is 11.9 Å². The molecule has 0 spiro atoms. The average molecular weight is 265 g/mol. The number of Topliss-reactive ketones (excluding diaryl/α,β-unsaturated/α-hetero) is 1. The summed E-state index contributed by atoms with van der Waals surface area (Å²) in [7, 11) is 0. The van der Waals surface area contributed by atoms with E-state index in [0.29, 0.717) is 18.9 Å². The van der Waals surface area contributed by atoms with Crippen LogP contribution in [0.15, 0.2) is 12.7 Å². The molecule has 2 fully saturated rings. The molecule has 4 heteroatoms. The summed E-state index contributed by atoms with van der Waals surface area (Å²) in [5.41, 5.74) is -0.523. The zero-order valence-corrected chi connectivity index (χ0v) is 12.0. The highest BCUT2D eigenvalue weighted by Crippen LogP contribution is 2.41. The van der Waals surface area contributed by atoms with Crippen molar-refractivity contribution < 1.29 is 14.3 Å². The van der Waals surface area contributed by atoms with E-state index in [1.165, 1.54) is 0 Å². The lowest BCUT2D eigenvalue weighted by Crippen LogP contribution is -2.42. The Morgan fingerprint density at radius 3 is 2.58 bits per heavy atom. The van der Waals surface area contributed by atoms with Crippen LogP contribution in [0.3, 0.4) is 0 Å². The Labute approximate surface area is 114 Å². The van der Waals surface area contributed by atoms with E-state index in [-0.39, 0.29) is 23.8 Å². The first-order chi connectivity index (χ1) is 8.83. The van der Waals surface area contributed by atoms with Crippen LogP contribution < -0.4 is 0 Å². The summed E-state index contributed by atoms with van der Waals surface area (Å²) < 4.78 is 5.41. The Morgan fingerprint density at radius 1 is 1.47 bits per heavy atom. The fourth-order valence-electron chi connectivity index (χ4n) is 2.64. The van der Waals surface area contributed by atoms with Gasteiger partial charge in [0.2, 0.25) is 0 Å². The van der Waals surface area contributed by atoms with E-state index < -0.39 is 5.60 Å². The van der Waals surface area contributed by atoms with Crippen molar-refractivity contribution in [2.45, 2.75) is 51.7 Å². The van der Waals surface area contributed by atoms with Crippen molar-refractivity contribution in [3.05, 3.63) is 12.7 Å². The second-order valence-electron chi connectivity index (χ2n) is 6.54. The molecule has 2 unspecified atom stereocenters. The van der Waals surface area contributed by atoms with Gasteiger partial charge in [0.1, 0.15) is 5.60 Å². The molecule has 106 valence electrons. The topological polar surface area (TPSA) is 46.6 Å². The molecular weight excluding hydrogens is 242 g/mol. The monoisotopic (exact) mass is 265 g/mol. The van der Waals surface area contributed by atoms with Crippen molar-refractivity contribution in [2.24, 2.45) is 11.8 Å². The highest BCUT2D eigenvalue weighted by atomic mass is 16.6. The number of ether oxygens (including phenoxy) is 1. The number of amides is 1. The number of carbonyl (C=O) groups excluding carboxylic acids is 2. The molecule has 2 atom stereocenters. The summed E-state index contributed by atoms with van der Waals surface area (Å²) >= 11 is 0. The second kappa shape index (κ2) is 4.99. The van der Waals surface area contributed by atoms with Gasteiger partial charge in [-0.2, -0.15) is 0 Å². The molecule has 19 heavy (non-hydrogen) atoms. The van der Waals surface area contributed by atoms with Crippen molar-refractivity contribution in [2.75, 3.05) is 6.54 Å². The van der Waals surface area contributed by atoms with Gasteiger partial charge in [-0.3, -0.25) is 9.69 Å². The Bertz CT molecular complexity index is 393. The number of ketones is 1. The molecule has 1 saturated carbocycles. The minimum atomic E-state index is -0.523. The first-order valence-electron chi connectivity index (χ1n) is 6.97.